The van der Waals surface area contributed by atoms with Gasteiger partial charge >= 0.3 is 0 Å². The molecule has 7 heteroatoms. The summed E-state index contributed by atoms with van der Waals surface area (Å²) in [5.74, 6) is 0.314. The summed E-state index contributed by atoms with van der Waals surface area (Å²) in [6, 6.07) is 3.36. The van der Waals surface area contributed by atoms with Crippen LogP contribution in [0, 0.1) is 0 Å². The molecule has 0 spiro atoms. The van der Waals surface area contributed by atoms with Crippen LogP contribution in [0.25, 0.3) is 0 Å². The van der Waals surface area contributed by atoms with Gasteiger partial charge in [0.15, 0.2) is 5.84 Å². The van der Waals surface area contributed by atoms with Crippen molar-refractivity contribution in [3.8, 4) is 5.88 Å². The number of oxime groups is 1. The molecule has 1 aromatic heterocycles. The topological polar surface area (TPSA) is 99.2 Å². The molecule has 0 radical (unpaired) electrons. The first kappa shape index (κ1) is 15.2. The Kier molecular flexibility index (Phi) is 7.30. The molecule has 0 fully saturated rings. The molecule has 0 aliphatic carbocycles. The Bertz CT molecular complexity index is 398. The molecule has 106 valence electrons. The molecule has 19 heavy (non-hydrogen) atoms. The van der Waals surface area contributed by atoms with Crippen LogP contribution in [-0.4, -0.2) is 49.6 Å². The van der Waals surface area contributed by atoms with Crippen LogP contribution in [0.15, 0.2) is 23.5 Å². The van der Waals surface area contributed by atoms with Crippen molar-refractivity contribution in [1.29, 1.82) is 0 Å². The third-order valence-corrected chi connectivity index (χ3v) is 2.26. The van der Waals surface area contributed by atoms with E-state index in [-0.39, 0.29) is 5.84 Å². The maximum Gasteiger partial charge on any atom is 0.224 e. The lowest BCUT2D eigenvalue weighted by atomic mass is 10.2. The van der Waals surface area contributed by atoms with E-state index in [1.807, 2.05) is 0 Å². The fraction of sp³-hybridized carbons (Fsp3) is 0.500. The number of pyridine rings is 1. The Balaban J connectivity index is 2.33. The molecular weight excluding hydrogens is 250 g/mol. The van der Waals surface area contributed by atoms with Gasteiger partial charge in [-0.05, 0) is 12.1 Å². The van der Waals surface area contributed by atoms with Crippen molar-refractivity contribution in [3.63, 3.8) is 0 Å². The minimum atomic E-state index is -0.0283. The molecular formula is C12H19N3O4. The number of aromatic nitrogens is 1. The van der Waals surface area contributed by atoms with Crippen molar-refractivity contribution in [2.24, 2.45) is 10.9 Å². The van der Waals surface area contributed by atoms with Crippen LogP contribution in [0.1, 0.15) is 12.0 Å². The molecule has 7 nitrogen and oxygen atoms in total. The van der Waals surface area contributed by atoms with Gasteiger partial charge in [0.25, 0.3) is 0 Å². The van der Waals surface area contributed by atoms with Crippen molar-refractivity contribution < 1.29 is 19.4 Å². The van der Waals surface area contributed by atoms with Gasteiger partial charge in [-0.25, -0.2) is 4.98 Å². The Morgan fingerprint density at radius 1 is 1.37 bits per heavy atom. The SMILES string of the molecule is COCCOCCCOc1ncccc1/C(N)=N/O. The lowest BCUT2D eigenvalue weighted by molar-refractivity contribution is 0.0642. The van der Waals surface area contributed by atoms with Crippen LogP contribution in [0.4, 0.5) is 0 Å². The highest BCUT2D eigenvalue weighted by Crippen LogP contribution is 2.13. The summed E-state index contributed by atoms with van der Waals surface area (Å²) in [5, 5.41) is 11.6. The number of rotatable bonds is 9. The van der Waals surface area contributed by atoms with E-state index in [1.165, 1.54) is 0 Å². The third-order valence-electron chi connectivity index (χ3n) is 2.26. The smallest absolute Gasteiger partial charge is 0.224 e. The van der Waals surface area contributed by atoms with Gasteiger partial charge in [0.05, 0.1) is 25.4 Å². The largest absolute Gasteiger partial charge is 0.477 e. The van der Waals surface area contributed by atoms with Crippen molar-refractivity contribution in [2.45, 2.75) is 6.42 Å². The maximum atomic E-state index is 8.65. The molecule has 1 heterocycles. The van der Waals surface area contributed by atoms with Gasteiger partial charge in [0.2, 0.25) is 5.88 Å². The Labute approximate surface area is 112 Å². The quantitative estimate of drug-likeness (QED) is 0.224. The fourth-order valence-corrected chi connectivity index (χ4v) is 1.33. The van der Waals surface area contributed by atoms with Crippen LogP contribution >= 0.6 is 0 Å². The third kappa shape index (κ3) is 5.54. The minimum absolute atomic E-state index is 0.0283. The second-order valence-corrected chi connectivity index (χ2v) is 3.65. The summed E-state index contributed by atoms with van der Waals surface area (Å²) in [7, 11) is 1.63. The van der Waals surface area contributed by atoms with E-state index < -0.39 is 0 Å². The maximum absolute atomic E-state index is 8.65. The fourth-order valence-electron chi connectivity index (χ4n) is 1.33. The Hall–Kier alpha value is -1.86. The molecule has 0 aromatic carbocycles. The summed E-state index contributed by atoms with van der Waals surface area (Å²) >= 11 is 0. The van der Waals surface area contributed by atoms with E-state index >= 15 is 0 Å². The normalized spacial score (nSPS) is 11.5. The molecule has 1 aromatic rings. The van der Waals surface area contributed by atoms with Crippen LogP contribution in [0.2, 0.25) is 0 Å². The van der Waals surface area contributed by atoms with Crippen LogP contribution in [0.3, 0.4) is 0 Å². The van der Waals surface area contributed by atoms with Gasteiger partial charge < -0.3 is 25.2 Å². The first-order valence-electron chi connectivity index (χ1n) is 5.92. The molecule has 0 amide bonds. The summed E-state index contributed by atoms with van der Waals surface area (Å²) in [4.78, 5) is 4.04. The van der Waals surface area contributed by atoms with Gasteiger partial charge in [-0.1, -0.05) is 5.16 Å². The van der Waals surface area contributed by atoms with Crippen molar-refractivity contribution in [3.05, 3.63) is 23.9 Å². The molecule has 3 N–H and O–H groups in total. The minimum Gasteiger partial charge on any atom is -0.477 e. The van der Waals surface area contributed by atoms with Crippen molar-refractivity contribution >= 4 is 5.84 Å². The summed E-state index contributed by atoms with van der Waals surface area (Å²) in [5.41, 5.74) is 5.99. The van der Waals surface area contributed by atoms with E-state index in [9.17, 15) is 0 Å². The average molecular weight is 269 g/mol. The highest BCUT2D eigenvalue weighted by molar-refractivity contribution is 5.98. The number of ether oxygens (including phenoxy) is 3. The zero-order valence-corrected chi connectivity index (χ0v) is 10.9. The second kappa shape index (κ2) is 9.12. The summed E-state index contributed by atoms with van der Waals surface area (Å²) in [6.45, 7) is 2.16. The first-order valence-corrected chi connectivity index (χ1v) is 5.92. The summed E-state index contributed by atoms with van der Waals surface area (Å²) < 4.78 is 15.6. The van der Waals surface area contributed by atoms with Gasteiger partial charge in [-0.15, -0.1) is 0 Å². The molecule has 1 rings (SSSR count). The van der Waals surface area contributed by atoms with E-state index in [2.05, 4.69) is 10.1 Å². The predicted octanol–water partition coefficient (Wildman–Crippen LogP) is 0.608. The molecule has 0 aliphatic heterocycles. The number of nitrogens with zero attached hydrogens (tertiary/aromatic N) is 2. The van der Waals surface area contributed by atoms with Crippen molar-refractivity contribution in [2.75, 3.05) is 33.5 Å². The zero-order valence-electron chi connectivity index (χ0n) is 10.9. The van der Waals surface area contributed by atoms with E-state index in [4.69, 9.17) is 25.2 Å². The lowest BCUT2D eigenvalue weighted by Crippen LogP contribution is -2.16. The van der Waals surface area contributed by atoms with E-state index in [0.717, 1.165) is 6.42 Å². The number of nitrogens with two attached hydrogens (primary N) is 1. The van der Waals surface area contributed by atoms with E-state index in [1.54, 1.807) is 25.4 Å². The van der Waals surface area contributed by atoms with Gasteiger partial charge in [-0.3, -0.25) is 0 Å². The Morgan fingerprint density at radius 3 is 2.95 bits per heavy atom. The number of hydrogen-bond acceptors (Lipinski definition) is 6. The number of hydrogen-bond donors (Lipinski definition) is 2. The van der Waals surface area contributed by atoms with E-state index in [0.29, 0.717) is 37.9 Å². The standard InChI is InChI=1S/C12H19N3O4/c1-17-8-9-18-6-3-7-19-12-10(11(13)15-16)4-2-5-14-12/h2,4-5,16H,3,6-9H2,1H3,(H2,13,15). The average Bonchev–Trinajstić information content (AvgIpc) is 2.46. The molecule has 0 aliphatic rings. The Morgan fingerprint density at radius 2 is 2.21 bits per heavy atom. The van der Waals surface area contributed by atoms with Crippen molar-refractivity contribution in [1.82, 2.24) is 4.98 Å². The van der Waals surface area contributed by atoms with Crippen LogP contribution < -0.4 is 10.5 Å². The van der Waals surface area contributed by atoms with Crippen LogP contribution in [0.5, 0.6) is 5.88 Å². The van der Waals surface area contributed by atoms with Gasteiger partial charge in [0, 0.05) is 26.3 Å². The summed E-state index contributed by atoms with van der Waals surface area (Å²) in [6.07, 6.45) is 2.30. The molecule has 0 saturated heterocycles. The highest BCUT2D eigenvalue weighted by Gasteiger charge is 2.08. The second-order valence-electron chi connectivity index (χ2n) is 3.65. The predicted molar refractivity (Wildman–Crippen MR) is 69.6 cm³/mol. The lowest BCUT2D eigenvalue weighted by Gasteiger charge is -2.09. The number of methoxy groups -OCH3 is 1. The number of amidine groups is 1. The first-order chi connectivity index (χ1) is 9.29. The molecule has 0 unspecified atom stereocenters. The van der Waals surface area contributed by atoms with Gasteiger partial charge in [-0.2, -0.15) is 0 Å². The highest BCUT2D eigenvalue weighted by atomic mass is 16.5. The zero-order chi connectivity index (χ0) is 13.9. The molecule has 0 saturated carbocycles. The molecule has 0 atom stereocenters. The monoisotopic (exact) mass is 269 g/mol. The van der Waals surface area contributed by atoms with Gasteiger partial charge in [0.1, 0.15) is 0 Å². The van der Waals surface area contributed by atoms with Crippen LogP contribution in [-0.2, 0) is 9.47 Å². The molecule has 0 bridgehead atoms.